The number of halogens is 1. The smallest absolute Gasteiger partial charge is 0.266 e. The molecule has 0 saturated carbocycles. The summed E-state index contributed by atoms with van der Waals surface area (Å²) in [4.78, 5) is 14.6. The number of hydrogen-bond acceptors (Lipinski definition) is 5. The predicted octanol–water partition coefficient (Wildman–Crippen LogP) is 2.14. The molecular weight excluding hydrogens is 305 g/mol. The lowest BCUT2D eigenvalue weighted by Gasteiger charge is -2.17. The van der Waals surface area contributed by atoms with E-state index in [4.69, 9.17) is 0 Å². The third-order valence-corrected chi connectivity index (χ3v) is 3.98. The average molecular weight is 317 g/mol. The Morgan fingerprint density at radius 1 is 1.41 bits per heavy atom. The van der Waals surface area contributed by atoms with Gasteiger partial charge in [0.15, 0.2) is 0 Å². The Kier molecular flexibility index (Phi) is 3.92. The number of carbonyl (C=O) groups is 1. The Morgan fingerprint density at radius 3 is 3.00 bits per heavy atom. The largest absolute Gasteiger partial charge is 0.337 e. The molecule has 0 aliphatic heterocycles. The molecule has 6 nitrogen and oxygen atoms in total. The van der Waals surface area contributed by atoms with Crippen molar-refractivity contribution in [2.75, 3.05) is 7.05 Å². The Morgan fingerprint density at radius 2 is 2.27 bits per heavy atom. The van der Waals surface area contributed by atoms with Gasteiger partial charge in [-0.05, 0) is 39.6 Å². The van der Waals surface area contributed by atoms with Crippen LogP contribution in [0.1, 0.15) is 15.2 Å². The van der Waals surface area contributed by atoms with Crippen molar-refractivity contribution in [1.29, 1.82) is 0 Å². The Bertz CT molecular complexity index is 786. The molecule has 0 radical (unpaired) electrons. The molecule has 0 bridgehead atoms. The van der Waals surface area contributed by atoms with E-state index in [9.17, 15) is 9.18 Å². The van der Waals surface area contributed by atoms with Crippen LogP contribution in [0.25, 0.3) is 5.69 Å². The average Bonchev–Trinajstić information content (AvgIpc) is 3.17. The molecule has 2 heterocycles. The molecule has 0 aliphatic rings. The van der Waals surface area contributed by atoms with Gasteiger partial charge in [-0.25, -0.2) is 4.39 Å². The first-order chi connectivity index (χ1) is 10.6. The molecule has 0 spiro atoms. The highest BCUT2D eigenvalue weighted by Crippen LogP contribution is 2.22. The van der Waals surface area contributed by atoms with Crippen LogP contribution in [0.3, 0.4) is 0 Å². The lowest BCUT2D eigenvalue weighted by molar-refractivity contribution is 0.0789. The molecule has 112 valence electrons. The molecule has 0 saturated heterocycles. The number of aromatic nitrogens is 4. The van der Waals surface area contributed by atoms with Gasteiger partial charge in [0.05, 0.1) is 5.69 Å². The minimum absolute atomic E-state index is 0.162. The summed E-state index contributed by atoms with van der Waals surface area (Å²) in [5.74, 6) is -0.478. The Balaban J connectivity index is 1.81. The van der Waals surface area contributed by atoms with Gasteiger partial charge in [0, 0.05) is 13.6 Å². The fourth-order valence-electron chi connectivity index (χ4n) is 2.07. The SMILES string of the molecule is CN(Cc1cccc(F)c1)C(=O)c1sccc1-n1cnnn1. The molecule has 0 N–H and O–H groups in total. The predicted molar refractivity (Wildman–Crippen MR) is 79.2 cm³/mol. The van der Waals surface area contributed by atoms with Gasteiger partial charge in [0.1, 0.15) is 17.0 Å². The quantitative estimate of drug-likeness (QED) is 0.739. The highest BCUT2D eigenvalue weighted by molar-refractivity contribution is 7.12. The second kappa shape index (κ2) is 6.02. The second-order valence-corrected chi connectivity index (χ2v) is 5.60. The van der Waals surface area contributed by atoms with Crippen molar-refractivity contribution < 1.29 is 9.18 Å². The van der Waals surface area contributed by atoms with E-state index in [0.717, 1.165) is 5.56 Å². The molecule has 0 atom stereocenters. The van der Waals surface area contributed by atoms with Crippen LogP contribution in [-0.2, 0) is 6.54 Å². The summed E-state index contributed by atoms with van der Waals surface area (Å²) in [6, 6.07) is 7.98. The van der Waals surface area contributed by atoms with Crippen LogP contribution in [0.2, 0.25) is 0 Å². The number of amides is 1. The number of tetrazole rings is 1. The van der Waals surface area contributed by atoms with Gasteiger partial charge < -0.3 is 4.90 Å². The monoisotopic (exact) mass is 317 g/mol. The number of thiophene rings is 1. The third kappa shape index (κ3) is 2.86. The summed E-state index contributed by atoms with van der Waals surface area (Å²) < 4.78 is 14.7. The van der Waals surface area contributed by atoms with Crippen LogP contribution >= 0.6 is 11.3 Å². The van der Waals surface area contributed by atoms with Crippen LogP contribution in [0.4, 0.5) is 4.39 Å². The van der Waals surface area contributed by atoms with Crippen molar-refractivity contribution in [3.63, 3.8) is 0 Å². The number of benzene rings is 1. The van der Waals surface area contributed by atoms with Crippen LogP contribution in [-0.4, -0.2) is 38.1 Å². The van der Waals surface area contributed by atoms with Crippen LogP contribution < -0.4 is 0 Å². The second-order valence-electron chi connectivity index (χ2n) is 4.68. The molecule has 1 amide bonds. The Hall–Kier alpha value is -2.61. The molecule has 0 fully saturated rings. The normalized spacial score (nSPS) is 10.6. The lowest BCUT2D eigenvalue weighted by Crippen LogP contribution is -2.26. The molecule has 3 aromatic rings. The number of rotatable bonds is 4. The molecule has 1 aromatic carbocycles. The van der Waals surface area contributed by atoms with E-state index in [1.54, 1.807) is 30.6 Å². The molecular formula is C14H12FN5OS. The highest BCUT2D eigenvalue weighted by atomic mass is 32.1. The first-order valence-corrected chi connectivity index (χ1v) is 7.34. The van der Waals surface area contributed by atoms with E-state index in [1.807, 2.05) is 0 Å². The fourth-order valence-corrected chi connectivity index (χ4v) is 2.94. The standard InChI is InChI=1S/C14H12FN5OS/c1-19(8-10-3-2-4-11(15)7-10)14(21)13-12(5-6-22-13)20-9-16-17-18-20/h2-7,9H,8H2,1H3. The molecule has 0 unspecified atom stereocenters. The summed E-state index contributed by atoms with van der Waals surface area (Å²) >= 11 is 1.32. The van der Waals surface area contributed by atoms with Crippen molar-refractivity contribution in [3.05, 3.63) is 58.3 Å². The van der Waals surface area contributed by atoms with E-state index < -0.39 is 0 Å². The maximum absolute atomic E-state index is 13.2. The van der Waals surface area contributed by atoms with Gasteiger partial charge in [0.2, 0.25) is 0 Å². The van der Waals surface area contributed by atoms with E-state index in [-0.39, 0.29) is 11.7 Å². The molecule has 22 heavy (non-hydrogen) atoms. The zero-order chi connectivity index (χ0) is 15.5. The van der Waals surface area contributed by atoms with E-state index in [0.29, 0.717) is 17.1 Å². The van der Waals surface area contributed by atoms with Crippen LogP contribution in [0.15, 0.2) is 42.0 Å². The van der Waals surface area contributed by atoms with E-state index in [1.165, 1.54) is 39.4 Å². The first-order valence-electron chi connectivity index (χ1n) is 6.46. The fraction of sp³-hybridized carbons (Fsp3) is 0.143. The van der Waals surface area contributed by atoms with Gasteiger partial charge >= 0.3 is 0 Å². The maximum atomic E-state index is 13.2. The first kappa shape index (κ1) is 14.3. The summed E-state index contributed by atoms with van der Waals surface area (Å²) in [7, 11) is 1.68. The van der Waals surface area contributed by atoms with Crippen molar-refractivity contribution in [1.82, 2.24) is 25.1 Å². The van der Waals surface area contributed by atoms with E-state index >= 15 is 0 Å². The lowest BCUT2D eigenvalue weighted by atomic mass is 10.2. The molecule has 8 heteroatoms. The molecule has 2 aromatic heterocycles. The van der Waals surface area contributed by atoms with Crippen LogP contribution in [0, 0.1) is 5.82 Å². The minimum Gasteiger partial charge on any atom is -0.337 e. The van der Waals surface area contributed by atoms with Crippen molar-refractivity contribution >= 4 is 17.2 Å². The molecule has 3 rings (SSSR count). The third-order valence-electron chi connectivity index (χ3n) is 3.09. The Labute approximate surface area is 129 Å². The van der Waals surface area contributed by atoms with Crippen molar-refractivity contribution in [2.24, 2.45) is 0 Å². The topological polar surface area (TPSA) is 63.9 Å². The van der Waals surface area contributed by atoms with Gasteiger partial charge in [-0.15, -0.1) is 16.4 Å². The molecule has 0 aliphatic carbocycles. The van der Waals surface area contributed by atoms with Gasteiger partial charge in [0.25, 0.3) is 5.91 Å². The minimum atomic E-state index is -0.316. The van der Waals surface area contributed by atoms with Gasteiger partial charge in [-0.3, -0.25) is 4.79 Å². The van der Waals surface area contributed by atoms with Crippen molar-refractivity contribution in [2.45, 2.75) is 6.54 Å². The zero-order valence-electron chi connectivity index (χ0n) is 11.7. The summed E-state index contributed by atoms with van der Waals surface area (Å²) in [6.07, 6.45) is 1.44. The summed E-state index contributed by atoms with van der Waals surface area (Å²) in [5.41, 5.74) is 1.36. The zero-order valence-corrected chi connectivity index (χ0v) is 12.5. The maximum Gasteiger partial charge on any atom is 0.266 e. The number of hydrogen-bond donors (Lipinski definition) is 0. The summed E-state index contributed by atoms with van der Waals surface area (Å²) in [5, 5.41) is 12.7. The van der Waals surface area contributed by atoms with Crippen LogP contribution in [0.5, 0.6) is 0 Å². The number of carbonyl (C=O) groups excluding carboxylic acids is 1. The van der Waals surface area contributed by atoms with Gasteiger partial charge in [-0.1, -0.05) is 12.1 Å². The highest BCUT2D eigenvalue weighted by Gasteiger charge is 2.19. The van der Waals surface area contributed by atoms with Gasteiger partial charge in [-0.2, -0.15) is 4.68 Å². The van der Waals surface area contributed by atoms with Crippen molar-refractivity contribution in [3.8, 4) is 5.69 Å². The van der Waals surface area contributed by atoms with E-state index in [2.05, 4.69) is 15.5 Å². The summed E-state index contributed by atoms with van der Waals surface area (Å²) in [6.45, 7) is 0.323. The number of nitrogens with zero attached hydrogens (tertiary/aromatic N) is 5.